The van der Waals surface area contributed by atoms with E-state index in [9.17, 15) is 14.7 Å². The molecule has 0 aliphatic carbocycles. The predicted molar refractivity (Wildman–Crippen MR) is 80.2 cm³/mol. The van der Waals surface area contributed by atoms with E-state index in [1.807, 2.05) is 13.8 Å². The summed E-state index contributed by atoms with van der Waals surface area (Å²) in [7, 11) is 1.78. The quantitative estimate of drug-likeness (QED) is 0.813. The molecule has 0 spiro atoms. The van der Waals surface area contributed by atoms with Crippen molar-refractivity contribution in [3.63, 3.8) is 0 Å². The van der Waals surface area contributed by atoms with Crippen molar-refractivity contribution in [1.82, 2.24) is 9.80 Å². The first-order valence-corrected chi connectivity index (χ1v) is 7.63. The van der Waals surface area contributed by atoms with E-state index in [1.54, 1.807) is 16.8 Å². The van der Waals surface area contributed by atoms with Gasteiger partial charge in [-0.25, -0.2) is 4.79 Å². The van der Waals surface area contributed by atoms with Crippen molar-refractivity contribution in [2.45, 2.75) is 46.2 Å². The number of carbonyl (C=O) groups excluding carboxylic acids is 1. The number of likely N-dealkylation sites (N-methyl/N-ethyl adjacent to an activating group) is 1. The van der Waals surface area contributed by atoms with Gasteiger partial charge in [0.1, 0.15) is 5.92 Å². The topological polar surface area (TPSA) is 70.1 Å². The molecule has 1 saturated heterocycles. The molecule has 1 heterocycles. The minimum atomic E-state index is -0.901. The summed E-state index contributed by atoms with van der Waals surface area (Å²) in [5.74, 6) is -1.03. The Hall–Kier alpha value is -1.30. The SMILES string of the molecule is CCN(C(=O)N(C)C(C)CC(C)C)C1COCC1C(=O)O. The number of ether oxygens (including phenoxy) is 1. The van der Waals surface area contributed by atoms with Crippen molar-refractivity contribution >= 4 is 12.0 Å². The highest BCUT2D eigenvalue weighted by molar-refractivity contribution is 5.77. The van der Waals surface area contributed by atoms with Crippen molar-refractivity contribution in [2.24, 2.45) is 11.8 Å². The first-order chi connectivity index (χ1) is 9.79. The first kappa shape index (κ1) is 17.8. The van der Waals surface area contributed by atoms with Gasteiger partial charge < -0.3 is 19.6 Å². The molecule has 0 aromatic heterocycles. The molecular weight excluding hydrogens is 272 g/mol. The molecule has 1 fully saturated rings. The standard InChI is InChI=1S/C15H28N2O4/c1-6-17(13-9-21-8-12(13)14(18)19)15(20)16(5)11(4)7-10(2)3/h10-13H,6-9H2,1-5H3,(H,18,19). The van der Waals surface area contributed by atoms with Gasteiger partial charge in [0, 0.05) is 19.6 Å². The van der Waals surface area contributed by atoms with Crippen molar-refractivity contribution < 1.29 is 19.4 Å². The second-order valence-electron chi connectivity index (χ2n) is 6.21. The van der Waals surface area contributed by atoms with Crippen molar-refractivity contribution in [3.8, 4) is 0 Å². The molecule has 122 valence electrons. The van der Waals surface area contributed by atoms with Crippen LogP contribution in [0.15, 0.2) is 0 Å². The molecule has 6 nitrogen and oxygen atoms in total. The fraction of sp³-hybridized carbons (Fsp3) is 0.867. The minimum Gasteiger partial charge on any atom is -0.481 e. The third kappa shape index (κ3) is 4.33. The van der Waals surface area contributed by atoms with E-state index >= 15 is 0 Å². The van der Waals surface area contributed by atoms with Crippen LogP contribution in [-0.2, 0) is 9.53 Å². The highest BCUT2D eigenvalue weighted by atomic mass is 16.5. The molecule has 0 saturated carbocycles. The van der Waals surface area contributed by atoms with Gasteiger partial charge in [-0.05, 0) is 26.2 Å². The highest BCUT2D eigenvalue weighted by Crippen LogP contribution is 2.22. The maximum absolute atomic E-state index is 12.7. The van der Waals surface area contributed by atoms with Gasteiger partial charge in [0.25, 0.3) is 0 Å². The van der Waals surface area contributed by atoms with Crippen LogP contribution in [0, 0.1) is 11.8 Å². The number of carboxylic acid groups (broad SMARTS) is 1. The van der Waals surface area contributed by atoms with Crippen LogP contribution >= 0.6 is 0 Å². The molecule has 3 unspecified atom stereocenters. The van der Waals surface area contributed by atoms with Gasteiger partial charge in [-0.2, -0.15) is 0 Å². The average molecular weight is 300 g/mol. The normalized spacial score (nSPS) is 23.1. The molecule has 1 aliphatic heterocycles. The second-order valence-corrected chi connectivity index (χ2v) is 6.21. The number of amides is 2. The monoisotopic (exact) mass is 300 g/mol. The fourth-order valence-corrected chi connectivity index (χ4v) is 2.83. The summed E-state index contributed by atoms with van der Waals surface area (Å²) in [4.78, 5) is 27.3. The number of carboxylic acids is 1. The molecule has 0 aromatic carbocycles. The maximum atomic E-state index is 12.7. The minimum absolute atomic E-state index is 0.118. The summed E-state index contributed by atoms with van der Waals surface area (Å²) in [6, 6.07) is -0.377. The molecule has 1 rings (SSSR count). The van der Waals surface area contributed by atoms with Crippen molar-refractivity contribution in [3.05, 3.63) is 0 Å². The molecule has 21 heavy (non-hydrogen) atoms. The van der Waals surface area contributed by atoms with Crippen LogP contribution in [-0.4, -0.2) is 65.8 Å². The molecular formula is C15H28N2O4. The van der Waals surface area contributed by atoms with Crippen LogP contribution in [0.2, 0.25) is 0 Å². The van der Waals surface area contributed by atoms with Gasteiger partial charge in [0.15, 0.2) is 0 Å². The lowest BCUT2D eigenvalue weighted by Gasteiger charge is -2.36. The van der Waals surface area contributed by atoms with Crippen LogP contribution in [0.1, 0.15) is 34.1 Å². The molecule has 2 amide bonds. The van der Waals surface area contributed by atoms with Gasteiger partial charge in [-0.15, -0.1) is 0 Å². The van der Waals surface area contributed by atoms with E-state index in [0.717, 1.165) is 6.42 Å². The lowest BCUT2D eigenvalue weighted by atomic mass is 10.0. The highest BCUT2D eigenvalue weighted by Gasteiger charge is 2.40. The van der Waals surface area contributed by atoms with E-state index in [1.165, 1.54) is 0 Å². The lowest BCUT2D eigenvalue weighted by Crippen LogP contribution is -2.52. The summed E-state index contributed by atoms with van der Waals surface area (Å²) in [5, 5.41) is 9.25. The first-order valence-electron chi connectivity index (χ1n) is 7.63. The zero-order valence-corrected chi connectivity index (χ0v) is 13.7. The van der Waals surface area contributed by atoms with Crippen molar-refractivity contribution in [2.75, 3.05) is 26.8 Å². The van der Waals surface area contributed by atoms with Crippen LogP contribution in [0.25, 0.3) is 0 Å². The number of nitrogens with zero attached hydrogens (tertiary/aromatic N) is 2. The van der Waals surface area contributed by atoms with E-state index in [0.29, 0.717) is 19.1 Å². The Bertz CT molecular complexity index is 373. The fourth-order valence-electron chi connectivity index (χ4n) is 2.83. The largest absolute Gasteiger partial charge is 0.481 e. The summed E-state index contributed by atoms with van der Waals surface area (Å²) in [6.07, 6.45) is 0.920. The zero-order chi connectivity index (χ0) is 16.2. The van der Waals surface area contributed by atoms with E-state index in [-0.39, 0.29) is 24.7 Å². The number of hydrogen-bond acceptors (Lipinski definition) is 3. The predicted octanol–water partition coefficient (Wildman–Crippen LogP) is 1.89. The Labute approximate surface area is 127 Å². The molecule has 0 radical (unpaired) electrons. The van der Waals surface area contributed by atoms with Gasteiger partial charge in [-0.3, -0.25) is 4.79 Å². The Morgan fingerprint density at radius 2 is 1.90 bits per heavy atom. The van der Waals surface area contributed by atoms with Crippen LogP contribution in [0.5, 0.6) is 0 Å². The number of urea groups is 1. The van der Waals surface area contributed by atoms with Gasteiger partial charge in [-0.1, -0.05) is 13.8 Å². The summed E-state index contributed by atoms with van der Waals surface area (Å²) < 4.78 is 5.28. The van der Waals surface area contributed by atoms with Crippen LogP contribution in [0.4, 0.5) is 4.79 Å². The third-order valence-electron chi connectivity index (χ3n) is 4.13. The van der Waals surface area contributed by atoms with E-state index in [2.05, 4.69) is 13.8 Å². The molecule has 0 bridgehead atoms. The Kier molecular flexibility index (Phi) is 6.45. The summed E-state index contributed by atoms with van der Waals surface area (Å²) >= 11 is 0. The van der Waals surface area contributed by atoms with Crippen LogP contribution < -0.4 is 0 Å². The number of carbonyl (C=O) groups is 2. The molecule has 1 N–H and O–H groups in total. The Morgan fingerprint density at radius 3 is 2.38 bits per heavy atom. The van der Waals surface area contributed by atoms with E-state index in [4.69, 9.17) is 4.74 Å². The molecule has 0 aromatic rings. The van der Waals surface area contributed by atoms with Gasteiger partial charge in [0.2, 0.25) is 0 Å². The number of hydrogen-bond donors (Lipinski definition) is 1. The summed E-state index contributed by atoms with van der Waals surface area (Å²) in [5.41, 5.74) is 0. The van der Waals surface area contributed by atoms with Crippen LogP contribution in [0.3, 0.4) is 0 Å². The van der Waals surface area contributed by atoms with Crippen molar-refractivity contribution in [1.29, 1.82) is 0 Å². The smallest absolute Gasteiger partial charge is 0.320 e. The average Bonchev–Trinajstić information content (AvgIpc) is 2.87. The van der Waals surface area contributed by atoms with Gasteiger partial charge >= 0.3 is 12.0 Å². The lowest BCUT2D eigenvalue weighted by molar-refractivity contribution is -0.142. The maximum Gasteiger partial charge on any atom is 0.320 e. The molecule has 3 atom stereocenters. The number of rotatable bonds is 6. The molecule has 1 aliphatic rings. The Morgan fingerprint density at radius 1 is 1.29 bits per heavy atom. The number of aliphatic carboxylic acids is 1. The van der Waals surface area contributed by atoms with Gasteiger partial charge in [0.05, 0.1) is 19.3 Å². The summed E-state index contributed by atoms with van der Waals surface area (Å²) in [6.45, 7) is 9.09. The Balaban J connectivity index is 2.79. The van der Waals surface area contributed by atoms with E-state index < -0.39 is 11.9 Å². The second kappa shape index (κ2) is 7.64. The third-order valence-corrected chi connectivity index (χ3v) is 4.13. The molecule has 6 heteroatoms. The zero-order valence-electron chi connectivity index (χ0n) is 13.7.